The molecule has 1 rings (SSSR count). The molecular formula is C12H13F2NO4. The van der Waals surface area contributed by atoms with Crippen molar-refractivity contribution in [3.63, 3.8) is 0 Å². The first-order valence-corrected chi connectivity index (χ1v) is 5.28. The first kappa shape index (κ1) is 15.0. The van der Waals surface area contributed by atoms with Crippen molar-refractivity contribution in [3.8, 4) is 0 Å². The summed E-state index contributed by atoms with van der Waals surface area (Å²) in [5, 5.41) is 10.8. The molecule has 0 radical (unpaired) electrons. The zero-order chi connectivity index (χ0) is 14.8. The second kappa shape index (κ2) is 5.31. The zero-order valence-corrected chi connectivity index (χ0v) is 10.6. The molecule has 0 aromatic heterocycles. The van der Waals surface area contributed by atoms with Gasteiger partial charge in [0.2, 0.25) is 0 Å². The molecule has 1 amide bonds. The van der Waals surface area contributed by atoms with Crippen molar-refractivity contribution < 1.29 is 28.2 Å². The van der Waals surface area contributed by atoms with E-state index in [0.717, 1.165) is 12.1 Å². The number of carbonyl (C=O) groups excluding carboxylic acids is 1. The number of aromatic carboxylic acids is 1. The van der Waals surface area contributed by atoms with Gasteiger partial charge in [-0.2, -0.15) is 0 Å². The van der Waals surface area contributed by atoms with Crippen molar-refractivity contribution in [2.75, 3.05) is 12.4 Å². The Hall–Kier alpha value is -2.02. The number of amides is 1. The van der Waals surface area contributed by atoms with Crippen LogP contribution in [-0.4, -0.2) is 29.7 Å². The minimum absolute atomic E-state index is 0.185. The van der Waals surface area contributed by atoms with Crippen LogP contribution in [0.15, 0.2) is 12.1 Å². The van der Waals surface area contributed by atoms with Gasteiger partial charge in [0, 0.05) is 12.8 Å². The molecule has 1 aromatic carbocycles. The molecule has 104 valence electrons. The number of carboxylic acid groups (broad SMARTS) is 1. The largest absolute Gasteiger partial charge is 0.477 e. The van der Waals surface area contributed by atoms with E-state index in [4.69, 9.17) is 9.84 Å². The second-order valence-corrected chi connectivity index (χ2v) is 4.29. The summed E-state index contributed by atoms with van der Waals surface area (Å²) in [6, 6.07) is 1.46. The highest BCUT2D eigenvalue weighted by atomic mass is 19.1. The van der Waals surface area contributed by atoms with Gasteiger partial charge in [0.15, 0.2) is 0 Å². The molecule has 0 fully saturated rings. The Bertz CT molecular complexity index is 505. The molecule has 7 heteroatoms. The topological polar surface area (TPSA) is 75.6 Å². The lowest BCUT2D eigenvalue weighted by Crippen LogP contribution is -2.38. The van der Waals surface area contributed by atoms with E-state index in [9.17, 15) is 18.4 Å². The second-order valence-electron chi connectivity index (χ2n) is 4.29. The molecule has 2 N–H and O–H groups in total. The van der Waals surface area contributed by atoms with E-state index in [1.54, 1.807) is 0 Å². The SMILES string of the molecule is COC(C)(C)C(=O)Nc1cc(F)c(C(=O)O)c(F)c1. The summed E-state index contributed by atoms with van der Waals surface area (Å²) in [5.74, 6) is -4.86. The Kier molecular flexibility index (Phi) is 4.21. The van der Waals surface area contributed by atoms with Crippen LogP contribution in [0.5, 0.6) is 0 Å². The van der Waals surface area contributed by atoms with Crippen LogP contribution in [0, 0.1) is 11.6 Å². The molecule has 0 saturated heterocycles. The zero-order valence-electron chi connectivity index (χ0n) is 10.6. The van der Waals surface area contributed by atoms with E-state index in [-0.39, 0.29) is 5.69 Å². The quantitative estimate of drug-likeness (QED) is 0.880. The number of hydrogen-bond acceptors (Lipinski definition) is 3. The fraction of sp³-hybridized carbons (Fsp3) is 0.333. The normalized spacial score (nSPS) is 11.2. The minimum atomic E-state index is -1.72. The highest BCUT2D eigenvalue weighted by molar-refractivity contribution is 5.97. The lowest BCUT2D eigenvalue weighted by molar-refractivity contribution is -0.133. The number of anilines is 1. The van der Waals surface area contributed by atoms with E-state index < -0.39 is 34.7 Å². The van der Waals surface area contributed by atoms with Gasteiger partial charge in [-0.25, -0.2) is 13.6 Å². The number of halogens is 2. The highest BCUT2D eigenvalue weighted by Gasteiger charge is 2.27. The van der Waals surface area contributed by atoms with E-state index in [2.05, 4.69) is 5.32 Å². The summed E-state index contributed by atoms with van der Waals surface area (Å²) in [6.45, 7) is 2.95. The summed E-state index contributed by atoms with van der Waals surface area (Å²) in [4.78, 5) is 22.3. The van der Waals surface area contributed by atoms with Crippen LogP contribution >= 0.6 is 0 Å². The van der Waals surface area contributed by atoms with Crippen molar-refractivity contribution in [1.29, 1.82) is 0 Å². The van der Waals surface area contributed by atoms with Crippen LogP contribution in [0.25, 0.3) is 0 Å². The first-order chi connectivity index (χ1) is 8.69. The van der Waals surface area contributed by atoms with Gasteiger partial charge in [0.1, 0.15) is 22.8 Å². The number of methoxy groups -OCH3 is 1. The van der Waals surface area contributed by atoms with Gasteiger partial charge in [0.25, 0.3) is 5.91 Å². The minimum Gasteiger partial charge on any atom is -0.477 e. The van der Waals surface area contributed by atoms with Crippen LogP contribution in [0.2, 0.25) is 0 Å². The van der Waals surface area contributed by atoms with Crippen LogP contribution in [0.1, 0.15) is 24.2 Å². The Morgan fingerprint density at radius 1 is 1.26 bits per heavy atom. The lowest BCUT2D eigenvalue weighted by atomic mass is 10.1. The van der Waals surface area contributed by atoms with E-state index >= 15 is 0 Å². The van der Waals surface area contributed by atoms with E-state index in [1.807, 2.05) is 0 Å². The number of rotatable bonds is 4. The lowest BCUT2D eigenvalue weighted by Gasteiger charge is -2.21. The standard InChI is InChI=1S/C12H13F2NO4/c1-12(2,19-3)11(18)15-6-4-7(13)9(10(16)17)8(14)5-6/h4-5H,1-3H3,(H,15,18)(H,16,17). The number of hydrogen-bond donors (Lipinski definition) is 2. The number of carbonyl (C=O) groups is 2. The van der Waals surface area contributed by atoms with Crippen LogP contribution in [0.3, 0.4) is 0 Å². The van der Waals surface area contributed by atoms with Crippen molar-refractivity contribution in [1.82, 2.24) is 0 Å². The van der Waals surface area contributed by atoms with Crippen LogP contribution in [-0.2, 0) is 9.53 Å². The third kappa shape index (κ3) is 3.25. The fourth-order valence-corrected chi connectivity index (χ4v) is 1.22. The van der Waals surface area contributed by atoms with Gasteiger partial charge >= 0.3 is 5.97 Å². The van der Waals surface area contributed by atoms with E-state index in [0.29, 0.717) is 0 Å². The van der Waals surface area contributed by atoms with Crippen molar-refractivity contribution in [2.24, 2.45) is 0 Å². The summed E-state index contributed by atoms with van der Waals surface area (Å²) in [7, 11) is 1.31. The van der Waals surface area contributed by atoms with Crippen LogP contribution in [0.4, 0.5) is 14.5 Å². The molecule has 0 atom stereocenters. The molecule has 19 heavy (non-hydrogen) atoms. The van der Waals surface area contributed by atoms with Gasteiger partial charge in [-0.15, -0.1) is 0 Å². The fourth-order valence-electron chi connectivity index (χ4n) is 1.22. The van der Waals surface area contributed by atoms with Gasteiger partial charge in [-0.05, 0) is 26.0 Å². The summed E-state index contributed by atoms with van der Waals surface area (Å²) in [5.41, 5.74) is -2.43. The predicted molar refractivity (Wildman–Crippen MR) is 63.0 cm³/mol. The van der Waals surface area contributed by atoms with Crippen molar-refractivity contribution in [3.05, 3.63) is 29.3 Å². The molecule has 0 spiro atoms. The van der Waals surface area contributed by atoms with Gasteiger partial charge in [0.05, 0.1) is 0 Å². The third-order valence-electron chi connectivity index (χ3n) is 2.57. The molecule has 1 aromatic rings. The predicted octanol–water partition coefficient (Wildman–Crippen LogP) is 2.03. The maximum Gasteiger partial charge on any atom is 0.341 e. The maximum atomic E-state index is 13.4. The smallest absolute Gasteiger partial charge is 0.341 e. The molecule has 0 saturated carbocycles. The monoisotopic (exact) mass is 273 g/mol. The number of carboxylic acids is 1. The first-order valence-electron chi connectivity index (χ1n) is 5.28. The Balaban J connectivity index is 3.06. The number of ether oxygens (including phenoxy) is 1. The molecule has 0 aliphatic rings. The van der Waals surface area contributed by atoms with Crippen LogP contribution < -0.4 is 5.32 Å². The Morgan fingerprint density at radius 3 is 2.11 bits per heavy atom. The molecular weight excluding hydrogens is 260 g/mol. The van der Waals surface area contributed by atoms with Crippen molar-refractivity contribution in [2.45, 2.75) is 19.4 Å². The highest BCUT2D eigenvalue weighted by Crippen LogP contribution is 2.20. The summed E-state index contributed by atoms with van der Waals surface area (Å²) in [6.07, 6.45) is 0. The average Bonchev–Trinajstić information content (AvgIpc) is 2.27. The number of nitrogens with one attached hydrogen (secondary N) is 1. The molecule has 0 aliphatic heterocycles. The molecule has 0 bridgehead atoms. The van der Waals surface area contributed by atoms with Crippen molar-refractivity contribution >= 4 is 17.6 Å². The molecule has 0 unspecified atom stereocenters. The third-order valence-corrected chi connectivity index (χ3v) is 2.57. The average molecular weight is 273 g/mol. The van der Waals surface area contributed by atoms with Gasteiger partial charge in [-0.3, -0.25) is 4.79 Å². The van der Waals surface area contributed by atoms with Gasteiger partial charge in [-0.1, -0.05) is 0 Å². The molecule has 0 aliphatic carbocycles. The Labute approximate surface area is 108 Å². The maximum absolute atomic E-state index is 13.4. The molecule has 0 heterocycles. The number of benzene rings is 1. The summed E-state index contributed by atoms with van der Waals surface area (Å²) < 4.78 is 31.7. The van der Waals surface area contributed by atoms with E-state index in [1.165, 1.54) is 21.0 Å². The summed E-state index contributed by atoms with van der Waals surface area (Å²) >= 11 is 0. The Morgan fingerprint density at radius 2 is 1.74 bits per heavy atom. The van der Waals surface area contributed by atoms with Gasteiger partial charge < -0.3 is 15.2 Å². The molecule has 5 nitrogen and oxygen atoms in total.